The summed E-state index contributed by atoms with van der Waals surface area (Å²) in [4.78, 5) is 36.8. The van der Waals surface area contributed by atoms with Gasteiger partial charge in [-0.1, -0.05) is 52.0 Å². The number of alkyl halides is 3. The first-order valence-electron chi connectivity index (χ1n) is 20.6. The molecule has 1 aromatic rings. The van der Waals surface area contributed by atoms with Gasteiger partial charge in [-0.3, -0.25) is 9.59 Å². The van der Waals surface area contributed by atoms with E-state index in [1.54, 1.807) is 42.3 Å². The molecule has 346 valence electrons. The number of sulfonamides is 1. The first-order chi connectivity index (χ1) is 27.8. The Kier molecular flexibility index (Phi) is 23.3. The molecule has 5 rings (SSSR count). The molecule has 0 aliphatic heterocycles. The van der Waals surface area contributed by atoms with Gasteiger partial charge in [0.25, 0.3) is 0 Å². The summed E-state index contributed by atoms with van der Waals surface area (Å²) >= 11 is 0. The number of halogens is 3. The number of hydrogen-bond donors (Lipinski definition) is 0. The molecule has 19 heteroatoms. The van der Waals surface area contributed by atoms with Crippen molar-refractivity contribution in [1.82, 2.24) is 0 Å². The molecule has 0 N–H and O–H groups in total. The van der Waals surface area contributed by atoms with Gasteiger partial charge >= 0.3 is 77.6 Å². The van der Waals surface area contributed by atoms with E-state index in [9.17, 15) is 36.0 Å². The van der Waals surface area contributed by atoms with Gasteiger partial charge in [0.15, 0.2) is 10.0 Å². The first-order valence-corrected chi connectivity index (χ1v) is 23.8. The second-order valence-electron chi connectivity index (χ2n) is 17.4. The third-order valence-electron chi connectivity index (χ3n) is 12.3. The van der Waals surface area contributed by atoms with Crippen LogP contribution in [-0.4, -0.2) is 101 Å². The quantitative estimate of drug-likeness (QED) is 0.104. The predicted molar refractivity (Wildman–Crippen MR) is 223 cm³/mol. The summed E-state index contributed by atoms with van der Waals surface area (Å²) in [6, 6.07) is 8.35. The van der Waals surface area contributed by atoms with Crippen LogP contribution in [0.25, 0.3) is 4.72 Å². The maximum Gasteiger partial charge on any atom is 1.00 e. The Hall–Kier alpha value is -0.977. The fourth-order valence-electron chi connectivity index (χ4n) is 7.92. The number of ether oxygens (including phenoxy) is 4. The molecule has 0 radical (unpaired) electrons. The molecule has 0 heterocycles. The molecule has 4 bridgehead atoms. The fourth-order valence-corrected chi connectivity index (χ4v) is 10.2. The van der Waals surface area contributed by atoms with Crippen molar-refractivity contribution in [1.29, 1.82) is 0 Å². The molecule has 1 amide bonds. The van der Waals surface area contributed by atoms with Crippen molar-refractivity contribution < 1.29 is 120 Å². The van der Waals surface area contributed by atoms with E-state index in [1.165, 1.54) is 5.56 Å². The molecule has 0 aromatic heterocycles. The summed E-state index contributed by atoms with van der Waals surface area (Å²) in [7, 11) is -2.06. The second kappa shape index (κ2) is 24.5. The van der Waals surface area contributed by atoms with E-state index in [-0.39, 0.29) is 88.5 Å². The molecule has 4 saturated carbocycles. The van der Waals surface area contributed by atoms with Crippen LogP contribution in [-0.2, 0) is 56.6 Å². The van der Waals surface area contributed by atoms with Crippen molar-refractivity contribution in [2.75, 3.05) is 54.9 Å². The van der Waals surface area contributed by atoms with E-state index in [1.807, 2.05) is 39.8 Å². The number of nitrogens with zero attached hydrogens (tertiary/aromatic N) is 1. The summed E-state index contributed by atoms with van der Waals surface area (Å²) < 4.78 is 101. The summed E-state index contributed by atoms with van der Waals surface area (Å²) in [5.41, 5.74) is -7.63. The van der Waals surface area contributed by atoms with Gasteiger partial charge in [0.1, 0.15) is 12.2 Å². The number of amides is 1. The van der Waals surface area contributed by atoms with Crippen molar-refractivity contribution >= 4 is 41.9 Å². The SMILES string of the molecule is CCC(C)(C)C(=O)OC12CC3CC(C1)CC(C(=O)[N-]S(=O)(=O)C(F)(F)F)(C3)C2.CCC(C)(C)C(=O)OCCOCCOC.CCC(C)c1ccc([Si](OC)(OC)OC)cc1.[K+]. The molecule has 0 spiro atoms. The fraction of sp³-hybridized carbons (Fsp3) is 0.786. The monoisotopic (exact) mass is 935 g/mol. The molecule has 4 aliphatic carbocycles. The van der Waals surface area contributed by atoms with Crippen LogP contribution in [0.15, 0.2) is 24.3 Å². The Morgan fingerprint density at radius 2 is 1.30 bits per heavy atom. The van der Waals surface area contributed by atoms with Crippen LogP contribution < -0.4 is 56.6 Å². The van der Waals surface area contributed by atoms with Crippen molar-refractivity contribution in [2.24, 2.45) is 28.1 Å². The summed E-state index contributed by atoms with van der Waals surface area (Å²) in [6.07, 6.45) is 4.98. The van der Waals surface area contributed by atoms with Gasteiger partial charge in [-0.2, -0.15) is 13.2 Å². The zero-order valence-electron chi connectivity index (χ0n) is 38.6. The standard InChI is InChI=1S/C18H26F3NO5S.C13H22O3Si.C11H22O4.K/c1-4-15(2,3)14(24)27-17-8-11-5-12(9-17)7-16(6-11,10-17)13(23)22-28(25,26)18(19,20)21;1-6-11(2)12-7-9-13(10-8-12)17(14-3,15-4)16-5;1-5-11(2,3)10(12)15-9-8-14-7-6-13-4;/h11-12H,4-10H2,1-3H3,(H,22,23);7-11H,6H2,1-5H3;5-9H2,1-4H3;/q;;;+1/p-1. The van der Waals surface area contributed by atoms with Gasteiger partial charge in [-0.25, -0.2) is 8.42 Å². The number of esters is 2. The molecule has 61 heavy (non-hydrogen) atoms. The van der Waals surface area contributed by atoms with Crippen LogP contribution >= 0.6 is 0 Å². The number of carbonyl (C=O) groups is 3. The Labute approximate surface area is 405 Å². The van der Waals surface area contributed by atoms with Crippen LogP contribution in [0.1, 0.15) is 125 Å². The van der Waals surface area contributed by atoms with Crippen molar-refractivity contribution in [3.8, 4) is 0 Å². The van der Waals surface area contributed by atoms with Crippen molar-refractivity contribution in [3.05, 3.63) is 34.6 Å². The van der Waals surface area contributed by atoms with E-state index in [2.05, 4.69) is 30.7 Å². The van der Waals surface area contributed by atoms with Gasteiger partial charge in [0.2, 0.25) is 0 Å². The van der Waals surface area contributed by atoms with Gasteiger partial charge in [-0.15, -0.1) is 0 Å². The number of carbonyl (C=O) groups excluding carboxylic acids is 3. The van der Waals surface area contributed by atoms with E-state index in [4.69, 9.17) is 32.2 Å². The minimum Gasteiger partial charge on any atom is -0.538 e. The average molecular weight is 936 g/mol. The molecule has 13 nitrogen and oxygen atoms in total. The summed E-state index contributed by atoms with van der Waals surface area (Å²) in [6.45, 7) is 17.3. The van der Waals surface area contributed by atoms with Crippen LogP contribution in [0.4, 0.5) is 13.2 Å². The van der Waals surface area contributed by atoms with Crippen LogP contribution in [0.3, 0.4) is 0 Å². The van der Waals surface area contributed by atoms with Gasteiger partial charge in [0, 0.05) is 39.0 Å². The van der Waals surface area contributed by atoms with E-state index < -0.39 is 58.1 Å². The normalized spacial score (nSPS) is 22.7. The van der Waals surface area contributed by atoms with Crippen molar-refractivity contribution in [2.45, 2.75) is 130 Å². The maximum absolute atomic E-state index is 12.7. The molecule has 4 aliphatic rings. The largest absolute Gasteiger partial charge is 1.00 e. The topological polar surface area (TPSA) is 164 Å². The van der Waals surface area contributed by atoms with Crippen LogP contribution in [0.5, 0.6) is 0 Å². The minimum atomic E-state index is -5.89. The van der Waals surface area contributed by atoms with E-state index >= 15 is 0 Å². The molecule has 4 fully saturated rings. The molecule has 3 unspecified atom stereocenters. The Morgan fingerprint density at radius 1 is 0.803 bits per heavy atom. The second-order valence-corrected chi connectivity index (χ2v) is 22.0. The molecule has 3 atom stereocenters. The zero-order valence-corrected chi connectivity index (χ0v) is 43.6. The smallest absolute Gasteiger partial charge is 0.538 e. The summed E-state index contributed by atoms with van der Waals surface area (Å²) in [5, 5.41) is 0.997. The molecular formula is C42H69F3KNO12SSi. The molecular weight excluding hydrogens is 867 g/mol. The molecule has 0 saturated heterocycles. The first kappa shape index (κ1) is 58.0. The van der Waals surface area contributed by atoms with Crippen LogP contribution in [0, 0.1) is 28.1 Å². The van der Waals surface area contributed by atoms with E-state index in [0.29, 0.717) is 51.6 Å². The van der Waals surface area contributed by atoms with Crippen LogP contribution in [0.2, 0.25) is 0 Å². The summed E-state index contributed by atoms with van der Waals surface area (Å²) in [5.74, 6) is -1.24. The third kappa shape index (κ3) is 15.6. The average Bonchev–Trinajstić information content (AvgIpc) is 3.19. The minimum absolute atomic E-state index is 0. The number of rotatable bonds is 19. The van der Waals surface area contributed by atoms with Crippen molar-refractivity contribution in [3.63, 3.8) is 0 Å². The third-order valence-corrected chi connectivity index (χ3v) is 15.9. The predicted octanol–water partition coefficient (Wildman–Crippen LogP) is 4.97. The Morgan fingerprint density at radius 3 is 1.74 bits per heavy atom. The van der Waals surface area contributed by atoms with E-state index in [0.717, 1.165) is 24.4 Å². The molecule has 1 aromatic carbocycles. The number of benzene rings is 1. The maximum atomic E-state index is 12.7. The number of methoxy groups -OCH3 is 1. The van der Waals surface area contributed by atoms with Gasteiger partial charge < -0.3 is 41.7 Å². The zero-order chi connectivity index (χ0) is 45.8. The Bertz CT molecular complexity index is 1640. The number of hydrogen-bond acceptors (Lipinski definition) is 12. The van der Waals surface area contributed by atoms with Gasteiger partial charge in [0.05, 0.1) is 36.6 Å². The van der Waals surface area contributed by atoms with Gasteiger partial charge in [-0.05, 0) is 109 Å². The Balaban J connectivity index is 0.000000488.